The van der Waals surface area contributed by atoms with Crippen molar-refractivity contribution in [3.05, 3.63) is 75.7 Å². The van der Waals surface area contributed by atoms with E-state index in [-0.39, 0.29) is 11.6 Å². The summed E-state index contributed by atoms with van der Waals surface area (Å²) in [6, 6.07) is 11.9. The second-order valence-corrected chi connectivity index (χ2v) is 5.70. The highest BCUT2D eigenvalue weighted by Gasteiger charge is 2.04. The molecular formula is C17H15BrFNO. The third-order valence-corrected chi connectivity index (χ3v) is 3.50. The molecule has 21 heavy (non-hydrogen) atoms. The topological polar surface area (TPSA) is 29.1 Å². The summed E-state index contributed by atoms with van der Waals surface area (Å²) in [7, 11) is 0. The SMILES string of the molecule is CC(=CC(=O)c1ccc(Br)cc1)Nc1ccc(F)c(C)c1. The number of allylic oxidation sites excluding steroid dienone is 2. The zero-order chi connectivity index (χ0) is 15.4. The first kappa shape index (κ1) is 15.4. The van der Waals surface area contributed by atoms with Crippen LogP contribution in [-0.2, 0) is 0 Å². The average molecular weight is 348 g/mol. The third-order valence-electron chi connectivity index (χ3n) is 2.98. The van der Waals surface area contributed by atoms with Crippen molar-refractivity contribution in [2.75, 3.05) is 5.32 Å². The summed E-state index contributed by atoms with van der Waals surface area (Å²) in [4.78, 5) is 12.1. The van der Waals surface area contributed by atoms with E-state index in [9.17, 15) is 9.18 Å². The van der Waals surface area contributed by atoms with Crippen LogP contribution < -0.4 is 5.32 Å². The largest absolute Gasteiger partial charge is 0.359 e. The van der Waals surface area contributed by atoms with Crippen LogP contribution in [0.15, 0.2) is 58.7 Å². The Labute approximate surface area is 131 Å². The lowest BCUT2D eigenvalue weighted by atomic mass is 10.1. The predicted molar refractivity (Wildman–Crippen MR) is 87.0 cm³/mol. The van der Waals surface area contributed by atoms with Gasteiger partial charge in [-0.05, 0) is 61.9 Å². The fraction of sp³-hybridized carbons (Fsp3) is 0.118. The Hall–Kier alpha value is -1.94. The van der Waals surface area contributed by atoms with Crippen LogP contribution >= 0.6 is 15.9 Å². The minimum Gasteiger partial charge on any atom is -0.359 e. The molecule has 0 spiro atoms. The molecule has 0 heterocycles. The van der Waals surface area contributed by atoms with E-state index in [1.54, 1.807) is 38.1 Å². The first-order chi connectivity index (χ1) is 9.95. The fourth-order valence-corrected chi connectivity index (χ4v) is 2.14. The van der Waals surface area contributed by atoms with E-state index in [4.69, 9.17) is 0 Å². The van der Waals surface area contributed by atoms with E-state index >= 15 is 0 Å². The molecular weight excluding hydrogens is 333 g/mol. The number of rotatable bonds is 4. The lowest BCUT2D eigenvalue weighted by Crippen LogP contribution is -2.01. The highest BCUT2D eigenvalue weighted by molar-refractivity contribution is 9.10. The molecule has 2 aromatic rings. The molecule has 0 amide bonds. The van der Waals surface area contributed by atoms with E-state index in [0.717, 1.165) is 10.2 Å². The number of carbonyl (C=O) groups excluding carboxylic acids is 1. The molecule has 1 N–H and O–H groups in total. The number of aryl methyl sites for hydroxylation is 1. The van der Waals surface area contributed by atoms with Crippen molar-refractivity contribution >= 4 is 27.4 Å². The molecule has 0 aliphatic carbocycles. The van der Waals surface area contributed by atoms with Crippen LogP contribution in [0.5, 0.6) is 0 Å². The molecule has 0 saturated heterocycles. The van der Waals surface area contributed by atoms with Crippen molar-refractivity contribution in [3.63, 3.8) is 0 Å². The van der Waals surface area contributed by atoms with Crippen molar-refractivity contribution in [3.8, 4) is 0 Å². The van der Waals surface area contributed by atoms with E-state index in [1.165, 1.54) is 12.1 Å². The van der Waals surface area contributed by atoms with Gasteiger partial charge in [0.05, 0.1) is 0 Å². The van der Waals surface area contributed by atoms with Gasteiger partial charge in [0.2, 0.25) is 0 Å². The van der Waals surface area contributed by atoms with Gasteiger partial charge < -0.3 is 5.32 Å². The number of hydrogen-bond acceptors (Lipinski definition) is 2. The lowest BCUT2D eigenvalue weighted by molar-refractivity contribution is 0.104. The van der Waals surface area contributed by atoms with Crippen molar-refractivity contribution in [1.82, 2.24) is 0 Å². The molecule has 2 nitrogen and oxygen atoms in total. The minimum absolute atomic E-state index is 0.0775. The van der Waals surface area contributed by atoms with Crippen molar-refractivity contribution in [2.24, 2.45) is 0 Å². The van der Waals surface area contributed by atoms with Gasteiger partial charge in [-0.3, -0.25) is 4.79 Å². The van der Waals surface area contributed by atoms with E-state index < -0.39 is 0 Å². The molecule has 2 rings (SSSR count). The van der Waals surface area contributed by atoms with Gasteiger partial charge in [-0.1, -0.05) is 15.9 Å². The van der Waals surface area contributed by atoms with Gasteiger partial charge in [-0.25, -0.2) is 4.39 Å². The second kappa shape index (κ2) is 6.68. The number of benzene rings is 2. The Balaban J connectivity index is 2.11. The zero-order valence-electron chi connectivity index (χ0n) is 11.8. The van der Waals surface area contributed by atoms with E-state index in [1.807, 2.05) is 12.1 Å². The maximum atomic E-state index is 13.2. The van der Waals surface area contributed by atoms with Crippen LogP contribution in [0, 0.1) is 12.7 Å². The number of ketones is 1. The van der Waals surface area contributed by atoms with Gasteiger partial charge in [0.25, 0.3) is 0 Å². The van der Waals surface area contributed by atoms with Crippen LogP contribution in [0.2, 0.25) is 0 Å². The summed E-state index contributed by atoms with van der Waals surface area (Å²) in [5.41, 5.74) is 2.64. The number of hydrogen-bond donors (Lipinski definition) is 1. The van der Waals surface area contributed by atoms with Gasteiger partial charge >= 0.3 is 0 Å². The van der Waals surface area contributed by atoms with E-state index in [2.05, 4.69) is 21.2 Å². The lowest BCUT2D eigenvalue weighted by Gasteiger charge is -2.08. The quantitative estimate of drug-likeness (QED) is 0.616. The van der Waals surface area contributed by atoms with Gasteiger partial charge in [0.1, 0.15) is 5.82 Å². The summed E-state index contributed by atoms with van der Waals surface area (Å²) in [5, 5.41) is 3.09. The zero-order valence-corrected chi connectivity index (χ0v) is 13.4. The van der Waals surface area contributed by atoms with Crippen molar-refractivity contribution < 1.29 is 9.18 Å². The molecule has 2 aromatic carbocycles. The van der Waals surface area contributed by atoms with Gasteiger partial charge in [-0.15, -0.1) is 0 Å². The molecule has 0 radical (unpaired) electrons. The van der Waals surface area contributed by atoms with Crippen LogP contribution in [-0.4, -0.2) is 5.78 Å². The summed E-state index contributed by atoms with van der Waals surface area (Å²) in [6.07, 6.45) is 1.53. The molecule has 0 aromatic heterocycles. The molecule has 4 heteroatoms. The number of halogens is 2. The smallest absolute Gasteiger partial charge is 0.187 e. The fourth-order valence-electron chi connectivity index (χ4n) is 1.88. The molecule has 0 atom stereocenters. The molecule has 0 saturated carbocycles. The molecule has 0 bridgehead atoms. The highest BCUT2D eigenvalue weighted by Crippen LogP contribution is 2.16. The molecule has 0 unspecified atom stereocenters. The third kappa shape index (κ3) is 4.26. The number of nitrogens with one attached hydrogen (secondary N) is 1. The Bertz CT molecular complexity index is 692. The molecule has 0 aliphatic rings. The normalized spacial score (nSPS) is 11.3. The van der Waals surface area contributed by atoms with Gasteiger partial charge in [0.15, 0.2) is 5.78 Å². The number of anilines is 1. The Kier molecular flexibility index (Phi) is 4.91. The van der Waals surface area contributed by atoms with Crippen LogP contribution in [0.3, 0.4) is 0 Å². The van der Waals surface area contributed by atoms with Crippen LogP contribution in [0.4, 0.5) is 10.1 Å². The van der Waals surface area contributed by atoms with Crippen LogP contribution in [0.25, 0.3) is 0 Å². The Morgan fingerprint density at radius 2 is 1.86 bits per heavy atom. The second-order valence-electron chi connectivity index (χ2n) is 4.79. The molecule has 0 aliphatic heterocycles. The minimum atomic E-state index is -0.242. The monoisotopic (exact) mass is 347 g/mol. The van der Waals surface area contributed by atoms with Gasteiger partial charge in [0, 0.05) is 27.5 Å². The first-order valence-electron chi connectivity index (χ1n) is 6.47. The van der Waals surface area contributed by atoms with Crippen LogP contribution in [0.1, 0.15) is 22.8 Å². The Morgan fingerprint density at radius 1 is 1.19 bits per heavy atom. The van der Waals surface area contributed by atoms with E-state index in [0.29, 0.717) is 16.8 Å². The Morgan fingerprint density at radius 3 is 2.48 bits per heavy atom. The summed E-state index contributed by atoms with van der Waals surface area (Å²) in [6.45, 7) is 3.50. The molecule has 0 fully saturated rings. The first-order valence-corrected chi connectivity index (χ1v) is 7.26. The maximum absolute atomic E-state index is 13.2. The van der Waals surface area contributed by atoms with Crippen molar-refractivity contribution in [2.45, 2.75) is 13.8 Å². The molecule has 108 valence electrons. The number of carbonyl (C=O) groups is 1. The maximum Gasteiger partial charge on any atom is 0.187 e. The standard InChI is InChI=1S/C17H15BrFNO/c1-11-9-15(7-8-16(11)19)20-12(2)10-17(21)13-3-5-14(18)6-4-13/h3-10,20H,1-2H3. The summed E-state index contributed by atoms with van der Waals surface area (Å²) in [5.74, 6) is -0.320. The summed E-state index contributed by atoms with van der Waals surface area (Å²) < 4.78 is 14.1. The average Bonchev–Trinajstić information content (AvgIpc) is 2.43. The summed E-state index contributed by atoms with van der Waals surface area (Å²) >= 11 is 3.33. The predicted octanol–water partition coefficient (Wildman–Crippen LogP) is 5.10. The van der Waals surface area contributed by atoms with Gasteiger partial charge in [-0.2, -0.15) is 0 Å². The highest BCUT2D eigenvalue weighted by atomic mass is 79.9. The van der Waals surface area contributed by atoms with Crippen molar-refractivity contribution in [1.29, 1.82) is 0 Å².